The van der Waals surface area contributed by atoms with E-state index in [4.69, 9.17) is 11.6 Å². The van der Waals surface area contributed by atoms with Crippen LogP contribution in [-0.4, -0.2) is 22.2 Å². The maximum atomic E-state index is 11.7. The molecule has 90 valence electrons. The molecular weight excluding hydrogens is 311 g/mol. The van der Waals surface area contributed by atoms with Gasteiger partial charge < -0.3 is 4.90 Å². The number of hydrogen-bond acceptors (Lipinski definition) is 3. The lowest BCUT2D eigenvalue weighted by atomic mass is 10.2. The highest BCUT2D eigenvalue weighted by atomic mass is 79.9. The Hall–Kier alpha value is -1.14. The third-order valence-corrected chi connectivity index (χ3v) is 3.43. The zero-order valence-electron chi connectivity index (χ0n) is 8.60. The van der Waals surface area contributed by atoms with Gasteiger partial charge in [-0.15, -0.1) is 0 Å². The molecule has 0 N–H and O–H groups in total. The van der Waals surface area contributed by atoms with E-state index in [1.54, 1.807) is 6.07 Å². The van der Waals surface area contributed by atoms with Gasteiger partial charge >= 0.3 is 5.69 Å². The van der Waals surface area contributed by atoms with Crippen LogP contribution in [0.5, 0.6) is 0 Å². The third kappa shape index (κ3) is 2.28. The second-order valence-corrected chi connectivity index (χ2v) is 5.37. The quantitative estimate of drug-likeness (QED) is 0.478. The van der Waals surface area contributed by atoms with E-state index in [1.165, 1.54) is 17.0 Å². The number of nitrogens with zero attached hydrogens (tertiary/aromatic N) is 2. The van der Waals surface area contributed by atoms with Crippen LogP contribution in [0.2, 0.25) is 5.02 Å². The molecule has 1 unspecified atom stereocenters. The largest absolute Gasteiger partial charge is 0.311 e. The highest BCUT2D eigenvalue weighted by molar-refractivity contribution is 9.09. The SMILES string of the molecule is O=C1CC(Br)CN1c1cccc(Cl)c1[N+](=O)[O-]. The molecule has 1 aromatic rings. The van der Waals surface area contributed by atoms with Gasteiger partial charge in [0.15, 0.2) is 0 Å². The van der Waals surface area contributed by atoms with E-state index >= 15 is 0 Å². The van der Waals surface area contributed by atoms with Crippen LogP contribution in [-0.2, 0) is 4.79 Å². The van der Waals surface area contributed by atoms with Crippen LogP contribution in [0.1, 0.15) is 6.42 Å². The van der Waals surface area contributed by atoms with Gasteiger partial charge in [-0.05, 0) is 12.1 Å². The summed E-state index contributed by atoms with van der Waals surface area (Å²) in [4.78, 5) is 23.5. The summed E-state index contributed by atoms with van der Waals surface area (Å²) in [7, 11) is 0. The standard InChI is InChI=1S/C10H8BrClN2O3/c11-6-4-9(15)13(5-6)8-3-1-2-7(12)10(8)14(16)17/h1-3,6H,4-5H2. The summed E-state index contributed by atoms with van der Waals surface area (Å²) in [5.41, 5.74) is 0.0403. The molecule has 0 saturated carbocycles. The fourth-order valence-electron chi connectivity index (χ4n) is 1.80. The molecule has 1 fully saturated rings. The number of benzene rings is 1. The van der Waals surface area contributed by atoms with Crippen LogP contribution in [0.25, 0.3) is 0 Å². The Balaban J connectivity index is 2.49. The molecule has 1 saturated heterocycles. The summed E-state index contributed by atoms with van der Waals surface area (Å²) in [5, 5.41) is 11.0. The van der Waals surface area contributed by atoms with Gasteiger partial charge in [0.2, 0.25) is 5.91 Å². The Morgan fingerprint density at radius 2 is 2.24 bits per heavy atom. The Morgan fingerprint density at radius 3 is 2.76 bits per heavy atom. The first kappa shape index (κ1) is 12.3. The van der Waals surface area contributed by atoms with Crippen molar-refractivity contribution in [1.82, 2.24) is 0 Å². The van der Waals surface area contributed by atoms with Crippen molar-refractivity contribution < 1.29 is 9.72 Å². The first-order valence-electron chi connectivity index (χ1n) is 4.88. The van der Waals surface area contributed by atoms with E-state index < -0.39 is 4.92 Å². The van der Waals surface area contributed by atoms with Crippen molar-refractivity contribution in [2.24, 2.45) is 0 Å². The van der Waals surface area contributed by atoms with E-state index in [1.807, 2.05) is 0 Å². The summed E-state index contributed by atoms with van der Waals surface area (Å²) in [5.74, 6) is -0.141. The molecule has 1 aliphatic heterocycles. The molecule has 0 spiro atoms. The second kappa shape index (κ2) is 4.62. The van der Waals surface area contributed by atoms with Gasteiger partial charge in [-0.3, -0.25) is 14.9 Å². The number of anilines is 1. The minimum Gasteiger partial charge on any atom is -0.305 e. The summed E-state index contributed by atoms with van der Waals surface area (Å²) in [6.45, 7) is 0.417. The number of alkyl halides is 1. The van der Waals surface area contributed by atoms with Crippen molar-refractivity contribution in [3.05, 3.63) is 33.3 Å². The van der Waals surface area contributed by atoms with Gasteiger partial charge in [-0.1, -0.05) is 33.6 Å². The lowest BCUT2D eigenvalue weighted by Crippen LogP contribution is -2.25. The molecule has 2 rings (SSSR count). The molecule has 1 aliphatic rings. The van der Waals surface area contributed by atoms with Crippen LogP contribution >= 0.6 is 27.5 Å². The molecule has 0 aromatic heterocycles. The molecule has 1 heterocycles. The molecule has 5 nitrogen and oxygen atoms in total. The smallest absolute Gasteiger partial charge is 0.305 e. The first-order valence-corrected chi connectivity index (χ1v) is 6.17. The number of carbonyl (C=O) groups is 1. The molecule has 0 aliphatic carbocycles. The van der Waals surface area contributed by atoms with Gasteiger partial charge in [-0.2, -0.15) is 0 Å². The lowest BCUT2D eigenvalue weighted by Gasteiger charge is -2.16. The average molecular weight is 320 g/mol. The minimum atomic E-state index is -0.563. The van der Waals surface area contributed by atoms with E-state index in [0.717, 1.165) is 0 Å². The summed E-state index contributed by atoms with van der Waals surface area (Å²) < 4.78 is 0. The Bertz CT molecular complexity index is 494. The van der Waals surface area contributed by atoms with Gasteiger partial charge in [0.25, 0.3) is 0 Å². The predicted octanol–water partition coefficient (Wildman–Crippen LogP) is 2.75. The molecular formula is C10H8BrClN2O3. The number of nitro benzene ring substituents is 1. The fraction of sp³-hybridized carbons (Fsp3) is 0.300. The van der Waals surface area contributed by atoms with E-state index in [9.17, 15) is 14.9 Å². The molecule has 0 radical (unpaired) electrons. The predicted molar refractivity (Wildman–Crippen MR) is 67.8 cm³/mol. The second-order valence-electron chi connectivity index (χ2n) is 3.67. The topological polar surface area (TPSA) is 63.5 Å². The maximum absolute atomic E-state index is 11.7. The number of nitro groups is 1. The molecule has 7 heteroatoms. The third-order valence-electron chi connectivity index (χ3n) is 2.52. The van der Waals surface area contributed by atoms with Crippen molar-refractivity contribution in [3.8, 4) is 0 Å². The Morgan fingerprint density at radius 1 is 1.53 bits per heavy atom. The monoisotopic (exact) mass is 318 g/mol. The van der Waals surface area contributed by atoms with Crippen molar-refractivity contribution in [3.63, 3.8) is 0 Å². The van der Waals surface area contributed by atoms with E-state index in [-0.39, 0.29) is 27.1 Å². The van der Waals surface area contributed by atoms with Crippen LogP contribution in [0.15, 0.2) is 18.2 Å². The van der Waals surface area contributed by atoms with Gasteiger partial charge in [-0.25, -0.2) is 0 Å². The molecule has 17 heavy (non-hydrogen) atoms. The Labute approximate surface area is 111 Å². The zero-order valence-corrected chi connectivity index (χ0v) is 10.9. The maximum Gasteiger partial charge on any atom is 0.311 e. The minimum absolute atomic E-state index is 0.0218. The van der Waals surface area contributed by atoms with Gasteiger partial charge in [0, 0.05) is 17.8 Å². The first-order chi connectivity index (χ1) is 8.00. The number of hydrogen-bond donors (Lipinski definition) is 0. The van der Waals surface area contributed by atoms with Crippen molar-refractivity contribution in [1.29, 1.82) is 0 Å². The lowest BCUT2D eigenvalue weighted by molar-refractivity contribution is -0.383. The molecule has 1 atom stereocenters. The number of carbonyl (C=O) groups excluding carboxylic acids is 1. The molecule has 1 amide bonds. The number of para-hydroxylation sites is 1. The van der Waals surface area contributed by atoms with E-state index in [0.29, 0.717) is 13.0 Å². The van der Waals surface area contributed by atoms with Gasteiger partial charge in [0.1, 0.15) is 10.7 Å². The number of amides is 1. The number of halogens is 2. The van der Waals surface area contributed by atoms with Crippen LogP contribution < -0.4 is 4.90 Å². The molecule has 0 bridgehead atoms. The fourth-order valence-corrected chi connectivity index (χ4v) is 2.60. The summed E-state index contributed by atoms with van der Waals surface area (Å²) in [6.07, 6.45) is 0.337. The molecule has 1 aromatic carbocycles. The highest BCUT2D eigenvalue weighted by Crippen LogP contribution is 2.37. The van der Waals surface area contributed by atoms with Crippen LogP contribution in [0, 0.1) is 10.1 Å². The Kier molecular flexibility index (Phi) is 3.35. The zero-order chi connectivity index (χ0) is 12.6. The van der Waals surface area contributed by atoms with Crippen molar-refractivity contribution in [2.75, 3.05) is 11.4 Å². The van der Waals surface area contributed by atoms with Crippen molar-refractivity contribution in [2.45, 2.75) is 11.2 Å². The van der Waals surface area contributed by atoms with E-state index in [2.05, 4.69) is 15.9 Å². The average Bonchev–Trinajstić information content (AvgIpc) is 2.56. The number of rotatable bonds is 2. The summed E-state index contributed by atoms with van der Waals surface area (Å²) >= 11 is 9.13. The summed E-state index contributed by atoms with van der Waals surface area (Å²) in [6, 6.07) is 4.57. The van der Waals surface area contributed by atoms with Crippen LogP contribution in [0.3, 0.4) is 0 Å². The van der Waals surface area contributed by atoms with Gasteiger partial charge in [0.05, 0.1) is 4.92 Å². The van der Waals surface area contributed by atoms with Crippen LogP contribution in [0.4, 0.5) is 11.4 Å². The highest BCUT2D eigenvalue weighted by Gasteiger charge is 2.33. The van der Waals surface area contributed by atoms with Crippen molar-refractivity contribution >= 4 is 44.8 Å². The normalized spacial score (nSPS) is 19.8.